The Balaban J connectivity index is 2.36. The molecule has 2 rings (SSSR count). The molecule has 0 fully saturated rings. The minimum absolute atomic E-state index is 0.0782. The summed E-state index contributed by atoms with van der Waals surface area (Å²) < 4.78 is 0. The average Bonchev–Trinajstić information content (AvgIpc) is 2.38. The summed E-state index contributed by atoms with van der Waals surface area (Å²) in [5.74, 6) is 0.394. The molecule has 104 valence electrons. The maximum absolute atomic E-state index is 12.7. The normalized spacial score (nSPS) is 16.4. The van der Waals surface area contributed by atoms with E-state index in [0.717, 1.165) is 25.1 Å². The Morgan fingerprint density at radius 2 is 2.16 bits per heavy atom. The van der Waals surface area contributed by atoms with E-state index in [9.17, 15) is 4.79 Å². The Hall–Kier alpha value is -1.35. The molecule has 0 spiro atoms. The van der Waals surface area contributed by atoms with Crippen LogP contribution >= 0.6 is 0 Å². The molecule has 1 aliphatic rings. The lowest BCUT2D eigenvalue weighted by atomic mass is 9.91. The van der Waals surface area contributed by atoms with Gasteiger partial charge in [0.25, 0.3) is 0 Å². The van der Waals surface area contributed by atoms with Crippen molar-refractivity contribution in [2.45, 2.75) is 33.6 Å². The highest BCUT2D eigenvalue weighted by molar-refractivity contribution is 5.97. The quantitative estimate of drug-likeness (QED) is 0.907. The van der Waals surface area contributed by atoms with Crippen molar-refractivity contribution in [2.75, 3.05) is 18.0 Å². The first-order chi connectivity index (χ1) is 9.06. The second-order valence-corrected chi connectivity index (χ2v) is 5.76. The van der Waals surface area contributed by atoms with Crippen LogP contribution in [0.2, 0.25) is 0 Å². The molecule has 0 aliphatic carbocycles. The number of fused-ring (bicyclic) bond motifs is 1. The van der Waals surface area contributed by atoms with Gasteiger partial charge in [-0.25, -0.2) is 0 Å². The molecule has 19 heavy (non-hydrogen) atoms. The Kier molecular flexibility index (Phi) is 4.25. The van der Waals surface area contributed by atoms with Crippen molar-refractivity contribution in [2.24, 2.45) is 17.6 Å². The van der Waals surface area contributed by atoms with Gasteiger partial charge >= 0.3 is 0 Å². The molecule has 3 heteroatoms. The summed E-state index contributed by atoms with van der Waals surface area (Å²) in [5, 5.41) is 0. The summed E-state index contributed by atoms with van der Waals surface area (Å²) in [6.07, 6.45) is 2.10. The van der Waals surface area contributed by atoms with Gasteiger partial charge in [-0.15, -0.1) is 0 Å². The van der Waals surface area contributed by atoms with Gasteiger partial charge in [0.05, 0.1) is 5.92 Å². The molecule has 0 aromatic heterocycles. The van der Waals surface area contributed by atoms with Crippen LogP contribution in [-0.4, -0.2) is 19.0 Å². The first kappa shape index (κ1) is 14.1. The van der Waals surface area contributed by atoms with E-state index in [0.29, 0.717) is 6.54 Å². The minimum Gasteiger partial charge on any atom is -0.330 e. The Morgan fingerprint density at radius 1 is 1.42 bits per heavy atom. The van der Waals surface area contributed by atoms with Gasteiger partial charge in [-0.2, -0.15) is 0 Å². The van der Waals surface area contributed by atoms with Crippen molar-refractivity contribution < 1.29 is 4.79 Å². The average molecular weight is 260 g/mol. The molecule has 1 aliphatic heterocycles. The highest BCUT2D eigenvalue weighted by Crippen LogP contribution is 2.32. The van der Waals surface area contributed by atoms with Gasteiger partial charge in [0.2, 0.25) is 5.91 Å². The summed E-state index contributed by atoms with van der Waals surface area (Å²) in [5.41, 5.74) is 9.39. The zero-order chi connectivity index (χ0) is 14.0. The smallest absolute Gasteiger partial charge is 0.231 e. The van der Waals surface area contributed by atoms with Crippen LogP contribution in [0.1, 0.15) is 31.4 Å². The van der Waals surface area contributed by atoms with Crippen LogP contribution in [0.5, 0.6) is 0 Å². The first-order valence-corrected chi connectivity index (χ1v) is 7.16. The minimum atomic E-state index is -0.0782. The van der Waals surface area contributed by atoms with Crippen molar-refractivity contribution in [3.05, 3.63) is 29.3 Å². The highest BCUT2D eigenvalue weighted by Gasteiger charge is 2.30. The van der Waals surface area contributed by atoms with Gasteiger partial charge in [0.1, 0.15) is 0 Å². The lowest BCUT2D eigenvalue weighted by Gasteiger charge is -2.34. The summed E-state index contributed by atoms with van der Waals surface area (Å²) >= 11 is 0. The molecule has 1 amide bonds. The van der Waals surface area contributed by atoms with Crippen molar-refractivity contribution in [1.82, 2.24) is 0 Å². The van der Waals surface area contributed by atoms with Crippen LogP contribution in [0.4, 0.5) is 5.69 Å². The fraction of sp³-hybridized carbons (Fsp3) is 0.562. The molecule has 1 aromatic carbocycles. The summed E-state index contributed by atoms with van der Waals surface area (Å²) in [6.45, 7) is 7.46. The van der Waals surface area contributed by atoms with Crippen LogP contribution in [0.25, 0.3) is 0 Å². The SMILES string of the molecule is Cc1cccc2c1N(C(=O)C(CN)C(C)C)CCC2. The maximum atomic E-state index is 12.7. The molecular formula is C16H24N2O. The molecule has 1 aromatic rings. The van der Waals surface area contributed by atoms with Crippen LogP contribution in [-0.2, 0) is 11.2 Å². The van der Waals surface area contributed by atoms with Crippen LogP contribution < -0.4 is 10.6 Å². The number of nitrogens with zero attached hydrogens (tertiary/aromatic N) is 1. The number of amides is 1. The summed E-state index contributed by atoms with van der Waals surface area (Å²) in [6, 6.07) is 6.29. The highest BCUT2D eigenvalue weighted by atomic mass is 16.2. The lowest BCUT2D eigenvalue weighted by molar-refractivity contribution is -0.123. The standard InChI is InChI=1S/C16H24N2O/c1-11(2)14(10-17)16(19)18-9-5-8-13-7-4-6-12(3)15(13)18/h4,6-7,11,14H,5,8-10,17H2,1-3H3. The fourth-order valence-electron chi connectivity index (χ4n) is 2.93. The number of carbonyl (C=O) groups excluding carboxylic acids is 1. The maximum Gasteiger partial charge on any atom is 0.231 e. The van der Waals surface area contributed by atoms with E-state index in [2.05, 4.69) is 39.0 Å². The lowest BCUT2D eigenvalue weighted by Crippen LogP contribution is -2.44. The number of hydrogen-bond donors (Lipinski definition) is 1. The first-order valence-electron chi connectivity index (χ1n) is 7.16. The summed E-state index contributed by atoms with van der Waals surface area (Å²) in [7, 11) is 0. The predicted octanol–water partition coefficient (Wildman–Crippen LogP) is 2.51. The van der Waals surface area contributed by atoms with E-state index >= 15 is 0 Å². The third-order valence-electron chi connectivity index (χ3n) is 4.06. The molecule has 0 saturated carbocycles. The van der Waals surface area contributed by atoms with Gasteiger partial charge in [0, 0.05) is 18.8 Å². The predicted molar refractivity (Wildman–Crippen MR) is 79.2 cm³/mol. The second kappa shape index (κ2) is 5.74. The molecule has 1 unspecified atom stereocenters. The molecule has 0 bridgehead atoms. The van der Waals surface area contributed by atoms with Gasteiger partial charge in [-0.1, -0.05) is 32.0 Å². The van der Waals surface area contributed by atoms with Crippen LogP contribution in [0, 0.1) is 18.8 Å². The molecule has 1 atom stereocenters. The molecule has 1 heterocycles. The number of benzene rings is 1. The zero-order valence-corrected chi connectivity index (χ0v) is 12.1. The number of aryl methyl sites for hydroxylation is 2. The number of carbonyl (C=O) groups is 1. The molecule has 2 N–H and O–H groups in total. The van der Waals surface area contributed by atoms with E-state index in [1.165, 1.54) is 11.1 Å². The van der Waals surface area contributed by atoms with E-state index in [1.807, 2.05) is 4.90 Å². The monoisotopic (exact) mass is 260 g/mol. The number of anilines is 1. The van der Waals surface area contributed by atoms with Gasteiger partial charge in [-0.3, -0.25) is 4.79 Å². The van der Waals surface area contributed by atoms with E-state index < -0.39 is 0 Å². The Bertz CT molecular complexity index is 468. The van der Waals surface area contributed by atoms with E-state index in [-0.39, 0.29) is 17.7 Å². The molecular weight excluding hydrogens is 236 g/mol. The van der Waals surface area contributed by atoms with Gasteiger partial charge in [0.15, 0.2) is 0 Å². The van der Waals surface area contributed by atoms with E-state index in [4.69, 9.17) is 5.73 Å². The molecule has 0 radical (unpaired) electrons. The third kappa shape index (κ3) is 2.66. The summed E-state index contributed by atoms with van der Waals surface area (Å²) in [4.78, 5) is 14.7. The number of hydrogen-bond acceptors (Lipinski definition) is 2. The van der Waals surface area contributed by atoms with Crippen molar-refractivity contribution >= 4 is 11.6 Å². The largest absolute Gasteiger partial charge is 0.330 e. The van der Waals surface area contributed by atoms with Crippen LogP contribution in [0.15, 0.2) is 18.2 Å². The Morgan fingerprint density at radius 3 is 2.79 bits per heavy atom. The van der Waals surface area contributed by atoms with E-state index in [1.54, 1.807) is 0 Å². The van der Waals surface area contributed by atoms with Crippen molar-refractivity contribution in [3.63, 3.8) is 0 Å². The van der Waals surface area contributed by atoms with Crippen molar-refractivity contribution in [3.8, 4) is 0 Å². The number of rotatable bonds is 3. The van der Waals surface area contributed by atoms with Crippen LogP contribution in [0.3, 0.4) is 0 Å². The Labute approximate surface area is 115 Å². The van der Waals surface area contributed by atoms with Gasteiger partial charge in [-0.05, 0) is 36.8 Å². The molecule has 0 saturated heterocycles. The topological polar surface area (TPSA) is 46.3 Å². The number of para-hydroxylation sites is 1. The second-order valence-electron chi connectivity index (χ2n) is 5.76. The zero-order valence-electron chi connectivity index (χ0n) is 12.1. The molecule has 3 nitrogen and oxygen atoms in total. The third-order valence-corrected chi connectivity index (χ3v) is 4.06. The number of nitrogens with two attached hydrogens (primary N) is 1. The fourth-order valence-corrected chi connectivity index (χ4v) is 2.93. The van der Waals surface area contributed by atoms with Crippen molar-refractivity contribution in [1.29, 1.82) is 0 Å². The van der Waals surface area contributed by atoms with Gasteiger partial charge < -0.3 is 10.6 Å².